The van der Waals surface area contributed by atoms with E-state index in [9.17, 15) is 19.2 Å². The topological polar surface area (TPSA) is 114 Å². The van der Waals surface area contributed by atoms with Crippen molar-refractivity contribution in [3.05, 3.63) is 34.9 Å². The number of benzene rings is 1. The Labute approximate surface area is 214 Å². The van der Waals surface area contributed by atoms with Crippen LogP contribution >= 0.6 is 0 Å². The van der Waals surface area contributed by atoms with Gasteiger partial charge in [-0.1, -0.05) is 44.0 Å². The maximum atomic E-state index is 13.6. The number of aryl methyl sites for hydroxylation is 2. The van der Waals surface area contributed by atoms with Crippen LogP contribution in [0.2, 0.25) is 0 Å². The molecule has 3 amide bonds. The molecule has 1 aromatic carbocycles. The molecule has 0 bridgehead atoms. The molecule has 0 aromatic heterocycles. The second kappa shape index (κ2) is 13.5. The summed E-state index contributed by atoms with van der Waals surface area (Å²) in [6.07, 6.45) is 4.97. The lowest BCUT2D eigenvalue weighted by molar-refractivity contribution is -0.143. The van der Waals surface area contributed by atoms with Crippen LogP contribution in [0.3, 0.4) is 0 Å². The van der Waals surface area contributed by atoms with Crippen molar-refractivity contribution in [2.45, 2.75) is 79.5 Å². The fourth-order valence-corrected chi connectivity index (χ4v) is 3.51. The van der Waals surface area contributed by atoms with Gasteiger partial charge in [0.05, 0.1) is 13.0 Å². The monoisotopic (exact) mass is 501 g/mol. The number of esters is 1. The van der Waals surface area contributed by atoms with Crippen molar-refractivity contribution in [1.82, 2.24) is 15.5 Å². The van der Waals surface area contributed by atoms with Gasteiger partial charge in [-0.15, -0.1) is 0 Å². The number of amides is 3. The van der Waals surface area contributed by atoms with Crippen molar-refractivity contribution in [1.29, 1.82) is 0 Å². The maximum absolute atomic E-state index is 13.6. The standard InChI is InChI=1S/C27H39N3O6/c1-10-30(25(33)22(17(3)4)29-26(34)36-27(7,8)9)23(20-13-12-18(5)16-19(20)6)24(32)28-15-14-21(31)35-11-2/h1,12-13,16-17,22-23H,11,14-15H2,2-9H3,(H,28,32)(H,29,34). The maximum Gasteiger partial charge on any atom is 0.408 e. The van der Waals surface area contributed by atoms with E-state index in [0.29, 0.717) is 5.56 Å². The Morgan fingerprint density at radius 3 is 2.28 bits per heavy atom. The summed E-state index contributed by atoms with van der Waals surface area (Å²) in [5, 5.41) is 5.27. The summed E-state index contributed by atoms with van der Waals surface area (Å²) in [5.74, 6) is -2.00. The third kappa shape index (κ3) is 9.25. The molecule has 0 saturated carbocycles. The SMILES string of the molecule is C#CN(C(=O)C(NC(=O)OC(C)(C)C)C(C)C)C(C(=O)NCCC(=O)OCC)c1ccc(C)cc1C. The molecule has 2 N–H and O–H groups in total. The Morgan fingerprint density at radius 2 is 1.78 bits per heavy atom. The van der Waals surface area contributed by atoms with Crippen LogP contribution in [0.15, 0.2) is 18.2 Å². The number of ether oxygens (including phenoxy) is 2. The van der Waals surface area contributed by atoms with Crippen LogP contribution in [0.4, 0.5) is 4.79 Å². The van der Waals surface area contributed by atoms with Crippen LogP contribution < -0.4 is 10.6 Å². The van der Waals surface area contributed by atoms with Crippen molar-refractivity contribution < 1.29 is 28.7 Å². The Bertz CT molecular complexity index is 990. The molecule has 9 nitrogen and oxygen atoms in total. The minimum Gasteiger partial charge on any atom is -0.466 e. The van der Waals surface area contributed by atoms with Crippen LogP contribution in [-0.4, -0.2) is 53.6 Å². The molecule has 0 aliphatic carbocycles. The second-order valence-corrected chi connectivity index (χ2v) is 9.81. The van der Waals surface area contributed by atoms with E-state index in [1.165, 1.54) is 0 Å². The van der Waals surface area contributed by atoms with E-state index in [4.69, 9.17) is 15.9 Å². The number of nitrogens with one attached hydrogen (secondary N) is 2. The first-order chi connectivity index (χ1) is 16.7. The summed E-state index contributed by atoms with van der Waals surface area (Å²) in [6.45, 7) is 14.3. The molecule has 198 valence electrons. The van der Waals surface area contributed by atoms with E-state index in [0.717, 1.165) is 16.0 Å². The lowest BCUT2D eigenvalue weighted by Crippen LogP contribution is -2.53. The lowest BCUT2D eigenvalue weighted by atomic mass is 9.95. The summed E-state index contributed by atoms with van der Waals surface area (Å²) in [4.78, 5) is 52.1. The van der Waals surface area contributed by atoms with Gasteiger partial charge in [-0.2, -0.15) is 0 Å². The van der Waals surface area contributed by atoms with Gasteiger partial charge in [0.15, 0.2) is 0 Å². The number of alkyl carbamates (subject to hydrolysis) is 1. The molecule has 0 saturated heterocycles. The van der Waals surface area contributed by atoms with Crippen LogP contribution in [0.5, 0.6) is 0 Å². The largest absolute Gasteiger partial charge is 0.466 e. The predicted molar refractivity (Wildman–Crippen MR) is 137 cm³/mol. The Morgan fingerprint density at radius 1 is 1.14 bits per heavy atom. The molecule has 0 radical (unpaired) electrons. The third-order valence-electron chi connectivity index (χ3n) is 5.14. The molecule has 2 atom stereocenters. The van der Waals surface area contributed by atoms with Gasteiger partial charge in [0, 0.05) is 12.6 Å². The minimum absolute atomic E-state index is 0.00937. The Kier molecular flexibility index (Phi) is 11.5. The number of carbonyl (C=O) groups excluding carboxylic acids is 4. The van der Waals surface area contributed by atoms with Crippen molar-refractivity contribution in [2.75, 3.05) is 13.2 Å². The first-order valence-electron chi connectivity index (χ1n) is 12.0. The van der Waals surface area contributed by atoms with Crippen LogP contribution in [-0.2, 0) is 23.9 Å². The lowest BCUT2D eigenvalue weighted by Gasteiger charge is -2.32. The number of terminal acetylenes is 1. The summed E-state index contributed by atoms with van der Waals surface area (Å²) in [6, 6.07) is 5.55. The first-order valence-corrected chi connectivity index (χ1v) is 12.0. The zero-order valence-corrected chi connectivity index (χ0v) is 22.6. The fourth-order valence-electron chi connectivity index (χ4n) is 3.51. The average molecular weight is 502 g/mol. The van der Waals surface area contributed by atoms with Gasteiger partial charge in [0.1, 0.15) is 17.7 Å². The molecule has 36 heavy (non-hydrogen) atoms. The van der Waals surface area contributed by atoms with E-state index < -0.39 is 41.6 Å². The molecule has 0 aliphatic heterocycles. The molecule has 0 aliphatic rings. The number of nitrogens with zero attached hydrogens (tertiary/aromatic N) is 1. The molecule has 0 spiro atoms. The fraction of sp³-hybridized carbons (Fsp3) is 0.556. The molecular formula is C27H39N3O6. The van der Waals surface area contributed by atoms with E-state index >= 15 is 0 Å². The molecule has 0 heterocycles. The highest BCUT2D eigenvalue weighted by atomic mass is 16.6. The number of hydrogen-bond acceptors (Lipinski definition) is 6. The molecule has 0 fully saturated rings. The summed E-state index contributed by atoms with van der Waals surface area (Å²) < 4.78 is 10.2. The summed E-state index contributed by atoms with van der Waals surface area (Å²) in [7, 11) is 0. The zero-order chi connectivity index (χ0) is 27.6. The average Bonchev–Trinajstić information content (AvgIpc) is 2.74. The molecule has 2 unspecified atom stereocenters. The van der Waals surface area contributed by atoms with E-state index in [1.54, 1.807) is 47.6 Å². The number of carbonyl (C=O) groups is 4. The van der Waals surface area contributed by atoms with Crippen molar-refractivity contribution in [3.63, 3.8) is 0 Å². The van der Waals surface area contributed by atoms with Crippen LogP contribution in [0.25, 0.3) is 0 Å². The van der Waals surface area contributed by atoms with Crippen molar-refractivity contribution >= 4 is 23.9 Å². The van der Waals surface area contributed by atoms with Gasteiger partial charge in [-0.05, 0) is 58.6 Å². The highest BCUT2D eigenvalue weighted by molar-refractivity contribution is 5.93. The van der Waals surface area contributed by atoms with Crippen molar-refractivity contribution in [2.24, 2.45) is 5.92 Å². The van der Waals surface area contributed by atoms with E-state index in [1.807, 2.05) is 26.0 Å². The highest BCUT2D eigenvalue weighted by Gasteiger charge is 2.37. The Hall–Kier alpha value is -3.54. The van der Waals surface area contributed by atoms with Gasteiger partial charge in [-0.25, -0.2) is 4.79 Å². The van der Waals surface area contributed by atoms with E-state index in [-0.39, 0.29) is 25.5 Å². The van der Waals surface area contributed by atoms with Crippen LogP contribution in [0.1, 0.15) is 70.7 Å². The predicted octanol–water partition coefficient (Wildman–Crippen LogP) is 3.38. The minimum atomic E-state index is -1.19. The van der Waals surface area contributed by atoms with Gasteiger partial charge in [0.25, 0.3) is 5.91 Å². The Balaban J connectivity index is 3.33. The number of hydrogen-bond donors (Lipinski definition) is 2. The molecular weight excluding hydrogens is 462 g/mol. The first kappa shape index (κ1) is 30.5. The normalized spacial score (nSPS) is 12.7. The second-order valence-electron chi connectivity index (χ2n) is 9.81. The van der Waals surface area contributed by atoms with Crippen LogP contribution in [0, 0.1) is 32.2 Å². The quantitative estimate of drug-likeness (QED) is 0.289. The van der Waals surface area contributed by atoms with Gasteiger partial charge in [0.2, 0.25) is 5.91 Å². The zero-order valence-electron chi connectivity index (χ0n) is 22.6. The van der Waals surface area contributed by atoms with Gasteiger partial charge < -0.3 is 20.1 Å². The van der Waals surface area contributed by atoms with Gasteiger partial charge >= 0.3 is 12.1 Å². The smallest absolute Gasteiger partial charge is 0.408 e. The highest BCUT2D eigenvalue weighted by Crippen LogP contribution is 2.26. The number of rotatable bonds is 10. The molecule has 1 aromatic rings. The molecule has 9 heteroatoms. The third-order valence-corrected chi connectivity index (χ3v) is 5.14. The summed E-state index contributed by atoms with van der Waals surface area (Å²) >= 11 is 0. The molecule has 1 rings (SSSR count). The van der Waals surface area contributed by atoms with E-state index in [2.05, 4.69) is 16.7 Å². The van der Waals surface area contributed by atoms with Gasteiger partial charge in [-0.3, -0.25) is 19.3 Å². The van der Waals surface area contributed by atoms with Crippen molar-refractivity contribution in [3.8, 4) is 12.5 Å². The summed E-state index contributed by atoms with van der Waals surface area (Å²) in [5.41, 5.74) is 1.50.